The number of alkyl halides is 1. The van der Waals surface area contributed by atoms with Crippen LogP contribution in [0.5, 0.6) is 0 Å². The van der Waals surface area contributed by atoms with Gasteiger partial charge in [-0.1, -0.05) is 29.8 Å². The largest absolute Gasteiger partial charge is 0.464 e. The lowest BCUT2D eigenvalue weighted by atomic mass is 10.1. The molecule has 1 unspecified atom stereocenters. The summed E-state index contributed by atoms with van der Waals surface area (Å²) in [7, 11) is 0. The van der Waals surface area contributed by atoms with E-state index in [2.05, 4.69) is 15.9 Å². The molecule has 0 aromatic rings. The fourth-order valence-electron chi connectivity index (χ4n) is 0.619. The van der Waals surface area contributed by atoms with E-state index in [9.17, 15) is 9.59 Å². The van der Waals surface area contributed by atoms with Crippen LogP contribution in [0.25, 0.3) is 0 Å². The van der Waals surface area contributed by atoms with E-state index in [0.29, 0.717) is 12.5 Å². The first kappa shape index (κ1) is 12.6. The van der Waals surface area contributed by atoms with E-state index < -0.39 is 5.97 Å². The van der Waals surface area contributed by atoms with Crippen LogP contribution in [0.2, 0.25) is 0 Å². The molecule has 0 rings (SSSR count). The van der Waals surface area contributed by atoms with E-state index in [0.717, 1.165) is 0 Å². The number of ether oxygens (including phenoxy) is 1. The number of rotatable bonds is 5. The minimum Gasteiger partial charge on any atom is -0.464 e. The Morgan fingerprint density at radius 2 is 1.92 bits per heavy atom. The number of carbonyl (C=O) groups excluding carboxylic acids is 2. The van der Waals surface area contributed by atoms with Crippen molar-refractivity contribution in [2.75, 3.05) is 6.61 Å². The van der Waals surface area contributed by atoms with E-state index in [1.807, 2.05) is 13.8 Å². The van der Waals surface area contributed by atoms with Gasteiger partial charge in [-0.3, -0.25) is 9.59 Å². The summed E-state index contributed by atoms with van der Waals surface area (Å²) in [5.41, 5.74) is 0. The summed E-state index contributed by atoms with van der Waals surface area (Å²) >= 11 is 3.37. The molecule has 0 radical (unpaired) electrons. The number of hydrogen-bond donors (Lipinski definition) is 0. The molecule has 4 heteroatoms. The maximum Gasteiger partial charge on any atom is 0.313 e. The van der Waals surface area contributed by atoms with Crippen molar-refractivity contribution in [2.45, 2.75) is 32.0 Å². The van der Waals surface area contributed by atoms with Crippen LogP contribution in [0.15, 0.2) is 0 Å². The number of ketones is 1. The fraction of sp³-hybridized carbons (Fsp3) is 0.778. The molecular weight excluding hydrogens is 236 g/mol. The molecule has 0 heterocycles. The highest BCUT2D eigenvalue weighted by Gasteiger charge is 2.12. The van der Waals surface area contributed by atoms with Crippen molar-refractivity contribution < 1.29 is 14.3 Å². The van der Waals surface area contributed by atoms with Crippen LogP contribution in [-0.4, -0.2) is 23.2 Å². The van der Waals surface area contributed by atoms with Crippen molar-refractivity contribution in [1.29, 1.82) is 0 Å². The van der Waals surface area contributed by atoms with Crippen molar-refractivity contribution >= 4 is 27.7 Å². The number of carbonyl (C=O) groups is 2. The molecular formula is C9H15BrO3. The molecule has 0 aromatic heterocycles. The third-order valence-corrected chi connectivity index (χ3v) is 2.84. The highest BCUT2D eigenvalue weighted by molar-refractivity contribution is 9.09. The third kappa shape index (κ3) is 6.75. The van der Waals surface area contributed by atoms with Gasteiger partial charge in [-0.05, 0) is 12.8 Å². The standard InChI is InChI=1S/C9H15BrO3/c1-6(2)8(10)5-13-9(12)4-7(3)11/h6,8H,4-5H2,1-3H3. The van der Waals surface area contributed by atoms with Crippen molar-refractivity contribution in [3.05, 3.63) is 0 Å². The Kier molecular flexibility index (Phi) is 5.95. The molecule has 13 heavy (non-hydrogen) atoms. The van der Waals surface area contributed by atoms with Gasteiger partial charge >= 0.3 is 5.97 Å². The van der Waals surface area contributed by atoms with Gasteiger partial charge in [0.1, 0.15) is 18.8 Å². The van der Waals surface area contributed by atoms with Gasteiger partial charge in [0, 0.05) is 0 Å². The van der Waals surface area contributed by atoms with Crippen molar-refractivity contribution in [2.24, 2.45) is 5.92 Å². The molecule has 1 atom stereocenters. The molecule has 0 fully saturated rings. The van der Waals surface area contributed by atoms with E-state index in [4.69, 9.17) is 4.74 Å². The Morgan fingerprint density at radius 1 is 1.38 bits per heavy atom. The topological polar surface area (TPSA) is 43.4 Å². The normalized spacial score (nSPS) is 12.7. The number of hydrogen-bond acceptors (Lipinski definition) is 3. The Bertz CT molecular complexity index is 189. The van der Waals surface area contributed by atoms with Gasteiger partial charge in [0.05, 0.1) is 4.83 Å². The zero-order valence-electron chi connectivity index (χ0n) is 8.17. The summed E-state index contributed by atoms with van der Waals surface area (Å²) < 4.78 is 4.87. The van der Waals surface area contributed by atoms with Crippen LogP contribution in [-0.2, 0) is 14.3 Å². The molecule has 0 bridgehead atoms. The molecule has 0 amide bonds. The summed E-state index contributed by atoms with van der Waals surface area (Å²) in [5, 5.41) is 0. The molecule has 0 saturated heterocycles. The first-order chi connectivity index (χ1) is 5.93. The SMILES string of the molecule is CC(=O)CC(=O)OCC(Br)C(C)C. The third-order valence-electron chi connectivity index (χ3n) is 1.52. The highest BCUT2D eigenvalue weighted by atomic mass is 79.9. The second-order valence-electron chi connectivity index (χ2n) is 3.32. The van der Waals surface area contributed by atoms with Crippen LogP contribution in [0, 0.1) is 5.92 Å². The lowest BCUT2D eigenvalue weighted by Gasteiger charge is -2.13. The zero-order chi connectivity index (χ0) is 10.4. The Morgan fingerprint density at radius 3 is 2.31 bits per heavy atom. The predicted octanol–water partition coefficient (Wildman–Crippen LogP) is 1.93. The first-order valence-electron chi connectivity index (χ1n) is 4.22. The van der Waals surface area contributed by atoms with E-state index in [-0.39, 0.29) is 17.0 Å². The quantitative estimate of drug-likeness (QED) is 0.426. The van der Waals surface area contributed by atoms with Gasteiger partial charge in [-0.25, -0.2) is 0 Å². The van der Waals surface area contributed by atoms with Gasteiger partial charge in [0.15, 0.2) is 0 Å². The molecule has 0 aromatic carbocycles. The Hall–Kier alpha value is -0.380. The fourth-order valence-corrected chi connectivity index (χ4v) is 0.751. The summed E-state index contributed by atoms with van der Waals surface area (Å²) in [6.07, 6.45) is -0.127. The van der Waals surface area contributed by atoms with Gasteiger partial charge in [0.2, 0.25) is 0 Å². The van der Waals surface area contributed by atoms with Gasteiger partial charge in [-0.15, -0.1) is 0 Å². The second kappa shape index (κ2) is 6.13. The minimum absolute atomic E-state index is 0.127. The van der Waals surface area contributed by atoms with Crippen molar-refractivity contribution in [3.8, 4) is 0 Å². The molecule has 0 spiro atoms. The maximum absolute atomic E-state index is 10.9. The average molecular weight is 251 g/mol. The number of halogens is 1. The molecule has 0 aliphatic rings. The van der Waals surface area contributed by atoms with Crippen molar-refractivity contribution in [1.82, 2.24) is 0 Å². The summed E-state index contributed by atoms with van der Waals surface area (Å²) in [5.74, 6) is -0.205. The zero-order valence-corrected chi connectivity index (χ0v) is 9.76. The van der Waals surface area contributed by atoms with Gasteiger partial charge in [0.25, 0.3) is 0 Å². The minimum atomic E-state index is -0.447. The average Bonchev–Trinajstić information content (AvgIpc) is 1.98. The second-order valence-corrected chi connectivity index (χ2v) is 4.50. The molecule has 0 aliphatic carbocycles. The number of Topliss-reactive ketones (excluding diaryl/α,β-unsaturated/α-hetero) is 1. The van der Waals surface area contributed by atoms with Gasteiger partial charge < -0.3 is 4.74 Å². The predicted molar refractivity (Wildman–Crippen MR) is 53.8 cm³/mol. The van der Waals surface area contributed by atoms with Gasteiger partial charge in [-0.2, -0.15) is 0 Å². The first-order valence-corrected chi connectivity index (χ1v) is 5.14. The van der Waals surface area contributed by atoms with Crippen LogP contribution in [0.3, 0.4) is 0 Å². The van der Waals surface area contributed by atoms with Crippen LogP contribution < -0.4 is 0 Å². The van der Waals surface area contributed by atoms with Crippen molar-refractivity contribution in [3.63, 3.8) is 0 Å². The molecule has 76 valence electrons. The highest BCUT2D eigenvalue weighted by Crippen LogP contribution is 2.12. The summed E-state index contributed by atoms with van der Waals surface area (Å²) in [6, 6.07) is 0. The van der Waals surface area contributed by atoms with Crippen LogP contribution in [0.4, 0.5) is 0 Å². The van der Waals surface area contributed by atoms with Crippen LogP contribution in [0.1, 0.15) is 27.2 Å². The maximum atomic E-state index is 10.9. The Balaban J connectivity index is 3.64. The molecule has 3 nitrogen and oxygen atoms in total. The van der Waals surface area contributed by atoms with E-state index >= 15 is 0 Å². The van der Waals surface area contributed by atoms with E-state index in [1.54, 1.807) is 0 Å². The lowest BCUT2D eigenvalue weighted by molar-refractivity contribution is -0.145. The number of esters is 1. The molecule has 0 saturated carbocycles. The Labute approximate surface area is 87.0 Å². The molecule has 0 aliphatic heterocycles. The summed E-state index contributed by atoms with van der Waals surface area (Å²) in [4.78, 5) is 21.6. The van der Waals surface area contributed by atoms with E-state index in [1.165, 1.54) is 6.92 Å². The lowest BCUT2D eigenvalue weighted by Crippen LogP contribution is -2.19. The summed E-state index contributed by atoms with van der Waals surface area (Å²) in [6.45, 7) is 5.75. The molecule has 0 N–H and O–H groups in total. The van der Waals surface area contributed by atoms with Crippen LogP contribution >= 0.6 is 15.9 Å². The smallest absolute Gasteiger partial charge is 0.313 e. The monoisotopic (exact) mass is 250 g/mol.